The van der Waals surface area contributed by atoms with Crippen molar-refractivity contribution < 1.29 is 55.2 Å². The Balaban J connectivity index is 1.65. The topological polar surface area (TPSA) is 217 Å². The van der Waals surface area contributed by atoms with Crippen LogP contribution >= 0.6 is 0 Å². The quantitative estimate of drug-likeness (QED) is 0.0437. The van der Waals surface area contributed by atoms with Crippen LogP contribution in [0.2, 0.25) is 0 Å². The second-order valence-electron chi connectivity index (χ2n) is 10.5. The van der Waals surface area contributed by atoms with Crippen LogP contribution in [-0.2, 0) is 14.3 Å². The number of hydrogen-bond acceptors (Lipinski definition) is 11. The summed E-state index contributed by atoms with van der Waals surface area (Å²) in [6.45, 7) is 2.33. The Hall–Kier alpha value is -6.14. The molecule has 0 aromatic heterocycles. The van der Waals surface area contributed by atoms with Crippen molar-refractivity contribution in [1.29, 1.82) is 0 Å². The van der Waals surface area contributed by atoms with Crippen molar-refractivity contribution in [2.24, 2.45) is 0 Å². The monoisotopic (exact) mass is 643 g/mol. The zero-order valence-corrected chi connectivity index (χ0v) is 25.0. The molecule has 0 unspecified atom stereocenters. The Morgan fingerprint density at radius 1 is 0.723 bits per heavy atom. The number of benzene rings is 4. The third-order valence-corrected chi connectivity index (χ3v) is 7.22. The van der Waals surface area contributed by atoms with Crippen molar-refractivity contribution in [2.75, 3.05) is 13.1 Å². The van der Waals surface area contributed by atoms with Crippen LogP contribution < -0.4 is 5.32 Å². The van der Waals surface area contributed by atoms with Gasteiger partial charge in [0.15, 0.2) is 34.5 Å². The summed E-state index contributed by atoms with van der Waals surface area (Å²) < 4.78 is 5.33. The fourth-order valence-electron chi connectivity index (χ4n) is 4.83. The molecule has 47 heavy (non-hydrogen) atoms. The smallest absolute Gasteiger partial charge is 0.345 e. The maximum atomic E-state index is 12.9. The summed E-state index contributed by atoms with van der Waals surface area (Å²) in [5.41, 5.74) is 2.19. The minimum atomic E-state index is -1.69. The number of carboxylic acid groups (broad SMARTS) is 1. The van der Waals surface area contributed by atoms with E-state index in [1.165, 1.54) is 66.7 Å². The SMILES string of the molecule is CCNC[C@@H](c1ccc(O)c(O)c1)[C@@H](OC(=O)/C=C/c1cc(O)c(O)cc1/C=C/c1cc(O)c(O)cc1-c1cccc(O)c1)C(=O)O. The first-order valence-corrected chi connectivity index (χ1v) is 14.3. The van der Waals surface area contributed by atoms with Crippen LogP contribution in [-0.4, -0.2) is 72.0 Å². The van der Waals surface area contributed by atoms with E-state index in [-0.39, 0.29) is 29.2 Å². The van der Waals surface area contributed by atoms with Crippen LogP contribution in [0.25, 0.3) is 29.4 Å². The molecule has 4 aromatic rings. The van der Waals surface area contributed by atoms with Gasteiger partial charge in [-0.15, -0.1) is 0 Å². The van der Waals surface area contributed by atoms with Gasteiger partial charge in [-0.05, 0) is 94.5 Å². The number of carbonyl (C=O) groups excluding carboxylic acids is 1. The Bertz CT molecular complexity index is 1850. The maximum absolute atomic E-state index is 12.9. The van der Waals surface area contributed by atoms with Gasteiger partial charge in [-0.1, -0.05) is 37.3 Å². The molecule has 9 N–H and O–H groups in total. The van der Waals surface area contributed by atoms with E-state index < -0.39 is 52.7 Å². The predicted molar refractivity (Wildman–Crippen MR) is 173 cm³/mol. The van der Waals surface area contributed by atoms with E-state index in [1.807, 2.05) is 0 Å². The average Bonchev–Trinajstić information content (AvgIpc) is 3.03. The molecular weight excluding hydrogens is 610 g/mol. The molecule has 0 aliphatic rings. The number of phenols is 7. The first-order chi connectivity index (χ1) is 22.4. The summed E-state index contributed by atoms with van der Waals surface area (Å²) in [7, 11) is 0. The molecule has 0 saturated carbocycles. The summed E-state index contributed by atoms with van der Waals surface area (Å²) in [4.78, 5) is 25.1. The molecule has 0 spiro atoms. The highest BCUT2D eigenvalue weighted by Gasteiger charge is 2.33. The van der Waals surface area contributed by atoms with Gasteiger partial charge in [0.25, 0.3) is 0 Å². The van der Waals surface area contributed by atoms with Crippen LogP contribution in [0, 0.1) is 0 Å². The molecule has 12 heteroatoms. The van der Waals surface area contributed by atoms with Crippen LogP contribution in [0.1, 0.15) is 35.1 Å². The number of esters is 1. The second kappa shape index (κ2) is 14.8. The van der Waals surface area contributed by atoms with E-state index in [4.69, 9.17) is 4.74 Å². The summed E-state index contributed by atoms with van der Waals surface area (Å²) in [6, 6.07) is 15.0. The Morgan fingerprint density at radius 3 is 1.94 bits per heavy atom. The number of phenolic OH excluding ortho intramolecular Hbond substituents is 7. The third-order valence-electron chi connectivity index (χ3n) is 7.22. The lowest BCUT2D eigenvalue weighted by Gasteiger charge is -2.24. The fraction of sp³-hybridized carbons (Fsp3) is 0.143. The zero-order valence-electron chi connectivity index (χ0n) is 25.0. The lowest BCUT2D eigenvalue weighted by molar-refractivity contribution is -0.162. The number of carboxylic acids is 1. The number of hydrogen-bond donors (Lipinski definition) is 9. The number of aromatic hydroxyl groups is 7. The summed E-state index contributed by atoms with van der Waals surface area (Å²) in [5, 5.41) is 83.2. The Kier molecular flexibility index (Phi) is 10.6. The van der Waals surface area contributed by atoms with E-state index in [2.05, 4.69) is 5.32 Å². The molecule has 244 valence electrons. The van der Waals surface area contributed by atoms with E-state index >= 15 is 0 Å². The largest absolute Gasteiger partial charge is 0.508 e. The fourth-order valence-corrected chi connectivity index (χ4v) is 4.83. The molecule has 0 aliphatic carbocycles. The zero-order chi connectivity index (χ0) is 34.2. The van der Waals surface area contributed by atoms with E-state index in [9.17, 15) is 50.4 Å². The molecule has 0 heterocycles. The minimum Gasteiger partial charge on any atom is -0.508 e. The standard InChI is InChI=1S/C35H33NO11/c1-2-36-18-26(23-8-10-27(38)28(39)16-23)34(35(45)46)47-33(44)11-9-20-14-30(41)29(40)13-19(20)6-7-22-15-31(42)32(43)17-25(22)21-4-3-5-24(37)12-21/h3-17,26,34,36-43H,2,18H2,1H3,(H,45,46)/b7-6+,11-9+/t26-,34+/m0/s1. The molecule has 2 atom stereocenters. The third kappa shape index (κ3) is 8.32. The van der Waals surface area contributed by atoms with E-state index in [0.717, 1.165) is 6.08 Å². The number of ether oxygens (including phenoxy) is 1. The summed E-state index contributed by atoms with van der Waals surface area (Å²) in [6.07, 6.45) is 3.55. The molecule has 0 bridgehead atoms. The van der Waals surface area contributed by atoms with Crippen molar-refractivity contribution in [2.45, 2.75) is 18.9 Å². The summed E-state index contributed by atoms with van der Waals surface area (Å²) in [5.74, 6) is -6.10. The molecule has 0 fully saturated rings. The van der Waals surface area contributed by atoms with Crippen LogP contribution in [0.3, 0.4) is 0 Å². The first-order valence-electron chi connectivity index (χ1n) is 14.3. The van der Waals surface area contributed by atoms with Crippen molar-refractivity contribution in [3.05, 3.63) is 95.1 Å². The number of rotatable bonds is 12. The van der Waals surface area contributed by atoms with Gasteiger partial charge in [-0.25, -0.2) is 9.59 Å². The molecule has 0 amide bonds. The van der Waals surface area contributed by atoms with Crippen LogP contribution in [0.5, 0.6) is 40.2 Å². The molecule has 0 aliphatic heterocycles. The highest BCUT2D eigenvalue weighted by Crippen LogP contribution is 2.37. The molecular formula is C35H33NO11. The highest BCUT2D eigenvalue weighted by molar-refractivity contribution is 5.91. The van der Waals surface area contributed by atoms with Gasteiger partial charge in [0.2, 0.25) is 6.10 Å². The molecule has 0 saturated heterocycles. The Morgan fingerprint density at radius 2 is 1.32 bits per heavy atom. The Labute approximate surface area is 269 Å². The van der Waals surface area contributed by atoms with Crippen LogP contribution in [0.15, 0.2) is 72.8 Å². The second-order valence-corrected chi connectivity index (χ2v) is 10.5. The van der Waals surface area contributed by atoms with Crippen molar-refractivity contribution in [3.8, 4) is 51.4 Å². The van der Waals surface area contributed by atoms with Gasteiger partial charge in [-0.2, -0.15) is 0 Å². The summed E-state index contributed by atoms with van der Waals surface area (Å²) >= 11 is 0. The van der Waals surface area contributed by atoms with Gasteiger partial charge >= 0.3 is 11.9 Å². The molecule has 4 aromatic carbocycles. The minimum absolute atomic E-state index is 0.0212. The highest BCUT2D eigenvalue weighted by atomic mass is 16.6. The van der Waals surface area contributed by atoms with E-state index in [1.54, 1.807) is 25.1 Å². The van der Waals surface area contributed by atoms with Gasteiger partial charge < -0.3 is 50.9 Å². The number of carbonyl (C=O) groups is 2. The number of aliphatic carboxylic acids is 1. The van der Waals surface area contributed by atoms with Crippen LogP contribution in [0.4, 0.5) is 0 Å². The average molecular weight is 644 g/mol. The number of likely N-dealkylation sites (N-methyl/N-ethyl adjacent to an activating group) is 1. The lowest BCUT2D eigenvalue weighted by Crippen LogP contribution is -2.38. The van der Waals surface area contributed by atoms with E-state index in [0.29, 0.717) is 28.8 Å². The van der Waals surface area contributed by atoms with Gasteiger partial charge in [0.05, 0.1) is 0 Å². The normalized spacial score (nSPS) is 12.7. The maximum Gasteiger partial charge on any atom is 0.345 e. The number of nitrogens with one attached hydrogen (secondary N) is 1. The predicted octanol–water partition coefficient (Wildman–Crippen LogP) is 4.87. The lowest BCUT2D eigenvalue weighted by atomic mass is 9.92. The van der Waals surface area contributed by atoms with Gasteiger partial charge in [-0.3, -0.25) is 0 Å². The van der Waals surface area contributed by atoms with Crippen molar-refractivity contribution in [1.82, 2.24) is 5.32 Å². The first kappa shape index (κ1) is 33.7. The van der Waals surface area contributed by atoms with Crippen molar-refractivity contribution in [3.63, 3.8) is 0 Å². The molecule has 4 rings (SSSR count). The van der Waals surface area contributed by atoms with Gasteiger partial charge in [0.1, 0.15) is 5.75 Å². The molecule has 12 nitrogen and oxygen atoms in total. The molecule has 0 radical (unpaired) electrons. The van der Waals surface area contributed by atoms with Gasteiger partial charge in [0, 0.05) is 18.5 Å². The van der Waals surface area contributed by atoms with Crippen molar-refractivity contribution >= 4 is 30.2 Å².